The van der Waals surface area contributed by atoms with Crippen molar-refractivity contribution in [3.8, 4) is 17.9 Å². The molecule has 0 aliphatic rings. The molecule has 3 aromatic rings. The van der Waals surface area contributed by atoms with Gasteiger partial charge in [-0.2, -0.15) is 5.26 Å². The van der Waals surface area contributed by atoms with Gasteiger partial charge in [0.1, 0.15) is 11.9 Å². The lowest BCUT2D eigenvalue weighted by atomic mass is 10.0. The van der Waals surface area contributed by atoms with E-state index in [2.05, 4.69) is 30.9 Å². The Hall–Kier alpha value is -3.10. The average molecular weight is 341 g/mol. The SMILES string of the molecule is CCCCCc1ccc(C#Cc2cccc3c(F)c(C#N)ccc23)cc1. The molecular weight excluding hydrogens is 321 g/mol. The lowest BCUT2D eigenvalue weighted by molar-refractivity contribution is 0.636. The van der Waals surface area contributed by atoms with Gasteiger partial charge >= 0.3 is 0 Å². The Bertz CT molecular complexity index is 1010. The van der Waals surface area contributed by atoms with Crippen LogP contribution in [0, 0.1) is 29.0 Å². The van der Waals surface area contributed by atoms with Gasteiger partial charge in [-0.15, -0.1) is 0 Å². The number of nitrogens with zero attached hydrogens (tertiary/aromatic N) is 1. The van der Waals surface area contributed by atoms with Crippen molar-refractivity contribution in [1.82, 2.24) is 0 Å². The topological polar surface area (TPSA) is 23.8 Å². The van der Waals surface area contributed by atoms with E-state index in [-0.39, 0.29) is 5.56 Å². The predicted molar refractivity (Wildman–Crippen MR) is 104 cm³/mol. The van der Waals surface area contributed by atoms with Crippen LogP contribution in [0.25, 0.3) is 10.8 Å². The molecule has 0 heterocycles. The molecule has 2 heteroatoms. The van der Waals surface area contributed by atoms with Gasteiger partial charge in [-0.1, -0.05) is 61.9 Å². The van der Waals surface area contributed by atoms with Crippen molar-refractivity contribution in [1.29, 1.82) is 5.26 Å². The van der Waals surface area contributed by atoms with Gasteiger partial charge < -0.3 is 0 Å². The largest absolute Gasteiger partial charge is 0.205 e. The van der Waals surface area contributed by atoms with Crippen LogP contribution < -0.4 is 0 Å². The van der Waals surface area contributed by atoms with Gasteiger partial charge in [0.15, 0.2) is 0 Å². The Morgan fingerprint density at radius 2 is 1.65 bits per heavy atom. The number of aryl methyl sites for hydroxylation is 1. The Labute approximate surface area is 154 Å². The molecule has 0 spiro atoms. The molecule has 0 aliphatic heterocycles. The Kier molecular flexibility index (Phi) is 5.67. The first-order valence-corrected chi connectivity index (χ1v) is 8.95. The zero-order chi connectivity index (χ0) is 18.4. The highest BCUT2D eigenvalue weighted by molar-refractivity contribution is 5.89. The summed E-state index contributed by atoms with van der Waals surface area (Å²) in [4.78, 5) is 0. The molecule has 0 unspecified atom stereocenters. The maximum atomic E-state index is 14.3. The minimum atomic E-state index is -0.481. The van der Waals surface area contributed by atoms with E-state index in [9.17, 15) is 4.39 Å². The number of fused-ring (bicyclic) bond motifs is 1. The molecular formula is C24H20FN. The normalized spacial score (nSPS) is 10.2. The van der Waals surface area contributed by atoms with Crippen LogP contribution >= 0.6 is 0 Å². The molecule has 1 nitrogen and oxygen atoms in total. The number of hydrogen-bond acceptors (Lipinski definition) is 1. The first-order valence-electron chi connectivity index (χ1n) is 8.95. The van der Waals surface area contributed by atoms with Crippen LogP contribution in [0.15, 0.2) is 54.6 Å². The molecule has 0 atom stereocenters. The third kappa shape index (κ3) is 3.93. The number of rotatable bonds is 4. The van der Waals surface area contributed by atoms with Crippen molar-refractivity contribution >= 4 is 10.8 Å². The molecule has 0 radical (unpaired) electrons. The number of halogens is 1. The van der Waals surface area contributed by atoms with Crippen LogP contribution in [0.2, 0.25) is 0 Å². The molecule has 0 saturated carbocycles. The van der Waals surface area contributed by atoms with Crippen molar-refractivity contribution in [3.05, 3.63) is 82.7 Å². The first-order chi connectivity index (χ1) is 12.7. The minimum Gasteiger partial charge on any atom is -0.205 e. The van der Waals surface area contributed by atoms with E-state index < -0.39 is 5.82 Å². The quantitative estimate of drug-likeness (QED) is 0.423. The first kappa shape index (κ1) is 17.7. The molecule has 0 amide bonds. The molecule has 3 aromatic carbocycles. The second kappa shape index (κ2) is 8.32. The summed E-state index contributed by atoms with van der Waals surface area (Å²) in [5.41, 5.74) is 3.09. The standard InChI is InChI=1S/C24H20FN/c1-2-3-4-6-18-9-11-19(12-10-18)13-14-20-7-5-8-23-22(20)16-15-21(17-26)24(23)25/h5,7-12,15-16H,2-4,6H2,1H3. The van der Waals surface area contributed by atoms with Crippen molar-refractivity contribution in [2.75, 3.05) is 0 Å². The van der Waals surface area contributed by atoms with E-state index in [4.69, 9.17) is 5.26 Å². The molecule has 0 aromatic heterocycles. The molecule has 0 aliphatic carbocycles. The van der Waals surface area contributed by atoms with Crippen LogP contribution in [-0.4, -0.2) is 0 Å². The number of benzene rings is 3. The van der Waals surface area contributed by atoms with E-state index in [1.54, 1.807) is 18.2 Å². The minimum absolute atomic E-state index is 0.0567. The Morgan fingerprint density at radius 1 is 0.846 bits per heavy atom. The van der Waals surface area contributed by atoms with E-state index in [1.807, 2.05) is 24.3 Å². The van der Waals surface area contributed by atoms with Crippen molar-refractivity contribution in [2.45, 2.75) is 32.6 Å². The number of unbranched alkanes of at least 4 members (excludes halogenated alkanes) is 2. The zero-order valence-electron chi connectivity index (χ0n) is 14.8. The predicted octanol–water partition coefficient (Wildman–Crippen LogP) is 5.98. The lowest BCUT2D eigenvalue weighted by Crippen LogP contribution is -1.89. The molecule has 0 fully saturated rings. The third-order valence-corrected chi connectivity index (χ3v) is 4.48. The summed E-state index contributed by atoms with van der Waals surface area (Å²) in [7, 11) is 0. The Morgan fingerprint density at radius 3 is 2.38 bits per heavy atom. The summed E-state index contributed by atoms with van der Waals surface area (Å²) in [6, 6.07) is 18.8. The summed E-state index contributed by atoms with van der Waals surface area (Å²) >= 11 is 0. The van der Waals surface area contributed by atoms with Crippen LogP contribution in [0.3, 0.4) is 0 Å². The van der Waals surface area contributed by atoms with Gasteiger partial charge in [0.25, 0.3) is 0 Å². The van der Waals surface area contributed by atoms with E-state index >= 15 is 0 Å². The molecule has 26 heavy (non-hydrogen) atoms. The summed E-state index contributed by atoms with van der Waals surface area (Å²) in [5.74, 6) is 5.82. The monoisotopic (exact) mass is 341 g/mol. The fourth-order valence-corrected chi connectivity index (χ4v) is 2.99. The van der Waals surface area contributed by atoms with Gasteiger partial charge in [0, 0.05) is 21.9 Å². The van der Waals surface area contributed by atoms with Crippen molar-refractivity contribution in [3.63, 3.8) is 0 Å². The highest BCUT2D eigenvalue weighted by atomic mass is 19.1. The molecule has 0 saturated heterocycles. The molecule has 0 N–H and O–H groups in total. The maximum absolute atomic E-state index is 14.3. The van der Waals surface area contributed by atoms with E-state index in [0.717, 1.165) is 22.9 Å². The van der Waals surface area contributed by atoms with E-state index in [1.165, 1.54) is 30.9 Å². The molecule has 128 valence electrons. The summed E-state index contributed by atoms with van der Waals surface area (Å²) in [6.07, 6.45) is 4.80. The van der Waals surface area contributed by atoms with Gasteiger partial charge in [0.2, 0.25) is 0 Å². The van der Waals surface area contributed by atoms with Crippen molar-refractivity contribution < 1.29 is 4.39 Å². The highest BCUT2D eigenvalue weighted by Gasteiger charge is 2.08. The van der Waals surface area contributed by atoms with Crippen LogP contribution in [0.1, 0.15) is 48.4 Å². The lowest BCUT2D eigenvalue weighted by Gasteiger charge is -2.03. The zero-order valence-corrected chi connectivity index (χ0v) is 14.8. The third-order valence-electron chi connectivity index (χ3n) is 4.48. The van der Waals surface area contributed by atoms with Crippen LogP contribution in [0.5, 0.6) is 0 Å². The average Bonchev–Trinajstić information content (AvgIpc) is 2.68. The second-order valence-electron chi connectivity index (χ2n) is 6.34. The highest BCUT2D eigenvalue weighted by Crippen LogP contribution is 2.23. The fourth-order valence-electron chi connectivity index (χ4n) is 2.99. The summed E-state index contributed by atoms with van der Waals surface area (Å²) < 4.78 is 14.3. The molecule has 3 rings (SSSR count). The summed E-state index contributed by atoms with van der Waals surface area (Å²) in [5, 5.41) is 10.1. The van der Waals surface area contributed by atoms with Crippen LogP contribution in [-0.2, 0) is 6.42 Å². The van der Waals surface area contributed by atoms with Gasteiger partial charge in [0.05, 0.1) is 5.56 Å². The molecule has 0 bridgehead atoms. The fraction of sp³-hybridized carbons (Fsp3) is 0.208. The van der Waals surface area contributed by atoms with Crippen molar-refractivity contribution in [2.24, 2.45) is 0 Å². The number of nitriles is 1. The Balaban J connectivity index is 1.86. The second-order valence-corrected chi connectivity index (χ2v) is 6.34. The van der Waals surface area contributed by atoms with Gasteiger partial charge in [-0.05, 0) is 42.7 Å². The maximum Gasteiger partial charge on any atom is 0.148 e. The van der Waals surface area contributed by atoms with Gasteiger partial charge in [-0.3, -0.25) is 0 Å². The smallest absolute Gasteiger partial charge is 0.148 e. The van der Waals surface area contributed by atoms with E-state index in [0.29, 0.717) is 5.39 Å². The van der Waals surface area contributed by atoms with Gasteiger partial charge in [-0.25, -0.2) is 4.39 Å². The summed E-state index contributed by atoms with van der Waals surface area (Å²) in [6.45, 7) is 2.21. The van der Waals surface area contributed by atoms with Crippen LogP contribution in [0.4, 0.5) is 4.39 Å². The number of hydrogen-bond donors (Lipinski definition) is 0.